The molecule has 0 spiro atoms. The van der Waals surface area contributed by atoms with E-state index in [1.807, 2.05) is 37.3 Å². The zero-order valence-corrected chi connectivity index (χ0v) is 20.1. The Bertz CT molecular complexity index is 1250. The van der Waals surface area contributed by atoms with Crippen molar-refractivity contribution in [2.75, 3.05) is 7.11 Å². The minimum absolute atomic E-state index is 0.115. The molecule has 3 N–H and O–H groups in total. The SMILES string of the molecule is COc1ccc2[nH]c(C)c(CCC(=O)NN3C(=O)NC(C)(CCc4ccc(Cl)cc4)C3=O)c2c1. The van der Waals surface area contributed by atoms with Crippen molar-refractivity contribution in [3.63, 3.8) is 0 Å². The molecule has 1 saturated heterocycles. The van der Waals surface area contributed by atoms with E-state index >= 15 is 0 Å². The quantitative estimate of drug-likeness (QED) is 0.421. The molecule has 0 aliphatic carbocycles. The molecule has 1 aliphatic heterocycles. The molecule has 9 heteroatoms. The molecule has 1 unspecified atom stereocenters. The standard InChI is InChI=1S/C25H27ClN4O4/c1-15-19(20-14-18(34-3)8-10-21(20)27-15)9-11-22(31)29-30-23(32)25(2,28-24(30)33)13-12-16-4-6-17(26)7-5-16/h4-8,10,14,27H,9,11-13H2,1-3H3,(H,28,33)(H,29,31). The van der Waals surface area contributed by atoms with Crippen molar-refractivity contribution in [2.45, 2.75) is 45.1 Å². The number of nitrogens with one attached hydrogen (secondary N) is 3. The van der Waals surface area contributed by atoms with Gasteiger partial charge in [0.1, 0.15) is 11.3 Å². The zero-order valence-electron chi connectivity index (χ0n) is 19.3. The Morgan fingerprint density at radius 2 is 1.88 bits per heavy atom. The van der Waals surface area contributed by atoms with E-state index in [-0.39, 0.29) is 6.42 Å². The Morgan fingerprint density at radius 1 is 1.15 bits per heavy atom. The highest BCUT2D eigenvalue weighted by atomic mass is 35.5. The number of benzene rings is 2. The number of aromatic nitrogens is 1. The van der Waals surface area contributed by atoms with Crippen LogP contribution in [0, 0.1) is 6.92 Å². The van der Waals surface area contributed by atoms with Crippen molar-refractivity contribution < 1.29 is 19.1 Å². The highest BCUT2D eigenvalue weighted by Gasteiger charge is 2.48. The van der Waals surface area contributed by atoms with Gasteiger partial charge in [-0.1, -0.05) is 23.7 Å². The van der Waals surface area contributed by atoms with E-state index in [1.54, 1.807) is 26.2 Å². The molecule has 34 heavy (non-hydrogen) atoms. The second-order valence-electron chi connectivity index (χ2n) is 8.70. The van der Waals surface area contributed by atoms with Crippen LogP contribution in [0.2, 0.25) is 5.02 Å². The maximum Gasteiger partial charge on any atom is 0.344 e. The van der Waals surface area contributed by atoms with E-state index in [4.69, 9.17) is 16.3 Å². The van der Waals surface area contributed by atoms with Crippen LogP contribution in [0.25, 0.3) is 10.9 Å². The Hall–Kier alpha value is -3.52. The maximum absolute atomic E-state index is 13.0. The number of rotatable bonds is 8. The molecule has 1 atom stereocenters. The molecule has 0 saturated carbocycles. The molecular formula is C25H27ClN4O4. The van der Waals surface area contributed by atoms with Crippen LogP contribution in [0.3, 0.4) is 0 Å². The summed E-state index contributed by atoms with van der Waals surface area (Å²) >= 11 is 5.92. The molecule has 2 heterocycles. The summed E-state index contributed by atoms with van der Waals surface area (Å²) in [6.07, 6.45) is 1.53. The van der Waals surface area contributed by atoms with E-state index < -0.39 is 23.4 Å². The number of fused-ring (bicyclic) bond motifs is 1. The summed E-state index contributed by atoms with van der Waals surface area (Å²) in [7, 11) is 1.61. The number of imide groups is 1. The molecule has 8 nitrogen and oxygen atoms in total. The van der Waals surface area contributed by atoms with Gasteiger partial charge in [0.2, 0.25) is 5.91 Å². The summed E-state index contributed by atoms with van der Waals surface area (Å²) in [5, 5.41) is 5.11. The van der Waals surface area contributed by atoms with Crippen LogP contribution in [0.15, 0.2) is 42.5 Å². The molecule has 1 aromatic heterocycles. The molecule has 0 bridgehead atoms. The van der Waals surface area contributed by atoms with Crippen LogP contribution in [-0.2, 0) is 22.4 Å². The number of H-pyrrole nitrogens is 1. The third-order valence-electron chi connectivity index (χ3n) is 6.25. The van der Waals surface area contributed by atoms with Crippen LogP contribution in [0.5, 0.6) is 5.75 Å². The predicted molar refractivity (Wildman–Crippen MR) is 130 cm³/mol. The molecular weight excluding hydrogens is 456 g/mol. The first-order valence-electron chi connectivity index (χ1n) is 11.1. The molecule has 2 aromatic carbocycles. The summed E-state index contributed by atoms with van der Waals surface area (Å²) < 4.78 is 5.31. The van der Waals surface area contributed by atoms with Crippen molar-refractivity contribution >= 4 is 40.3 Å². The molecule has 1 fully saturated rings. The number of hydrogen-bond acceptors (Lipinski definition) is 4. The highest BCUT2D eigenvalue weighted by Crippen LogP contribution is 2.27. The van der Waals surface area contributed by atoms with E-state index in [0.29, 0.717) is 24.3 Å². The average Bonchev–Trinajstić information content (AvgIpc) is 3.24. The molecule has 4 rings (SSSR count). The number of methoxy groups -OCH3 is 1. The van der Waals surface area contributed by atoms with Gasteiger partial charge in [0.25, 0.3) is 5.91 Å². The van der Waals surface area contributed by atoms with E-state index in [0.717, 1.165) is 38.5 Å². The number of hydrogen-bond donors (Lipinski definition) is 3. The van der Waals surface area contributed by atoms with Crippen molar-refractivity contribution in [1.29, 1.82) is 0 Å². The first kappa shape index (κ1) is 23.6. The first-order chi connectivity index (χ1) is 16.2. The molecule has 3 aromatic rings. The Kier molecular flexibility index (Phi) is 6.52. The summed E-state index contributed by atoms with van der Waals surface area (Å²) in [6.45, 7) is 3.61. The molecule has 0 radical (unpaired) electrons. The fourth-order valence-corrected chi connectivity index (χ4v) is 4.36. The molecule has 178 valence electrons. The molecule has 1 aliphatic rings. The van der Waals surface area contributed by atoms with Gasteiger partial charge in [-0.2, -0.15) is 5.01 Å². The lowest BCUT2D eigenvalue weighted by molar-refractivity contribution is -0.138. The second-order valence-corrected chi connectivity index (χ2v) is 9.14. The lowest BCUT2D eigenvalue weighted by Gasteiger charge is -2.21. The van der Waals surface area contributed by atoms with Crippen LogP contribution in [0.4, 0.5) is 4.79 Å². The van der Waals surface area contributed by atoms with Gasteiger partial charge in [-0.15, -0.1) is 0 Å². The maximum atomic E-state index is 13.0. The number of carbonyl (C=O) groups excluding carboxylic acids is 3. The van der Waals surface area contributed by atoms with Crippen molar-refractivity contribution in [3.8, 4) is 5.75 Å². The third-order valence-corrected chi connectivity index (χ3v) is 6.51. The average molecular weight is 483 g/mol. The van der Waals surface area contributed by atoms with Crippen LogP contribution in [-0.4, -0.2) is 40.5 Å². The highest BCUT2D eigenvalue weighted by molar-refractivity contribution is 6.30. The van der Waals surface area contributed by atoms with Crippen LogP contribution in [0.1, 0.15) is 36.6 Å². The molecule has 4 amide bonds. The summed E-state index contributed by atoms with van der Waals surface area (Å²) in [5.74, 6) is -0.163. The fraction of sp³-hybridized carbons (Fsp3) is 0.320. The number of hydrazine groups is 1. The van der Waals surface area contributed by atoms with Gasteiger partial charge in [0, 0.05) is 28.0 Å². The lowest BCUT2D eigenvalue weighted by Crippen LogP contribution is -2.49. The normalized spacial score (nSPS) is 17.8. The van der Waals surface area contributed by atoms with E-state index in [2.05, 4.69) is 15.7 Å². The third kappa shape index (κ3) is 4.72. The van der Waals surface area contributed by atoms with Gasteiger partial charge >= 0.3 is 6.03 Å². The monoisotopic (exact) mass is 482 g/mol. The first-order valence-corrected chi connectivity index (χ1v) is 11.4. The minimum Gasteiger partial charge on any atom is -0.497 e. The van der Waals surface area contributed by atoms with Crippen LogP contribution < -0.4 is 15.5 Å². The largest absolute Gasteiger partial charge is 0.497 e. The fourth-order valence-electron chi connectivity index (χ4n) is 4.23. The topological polar surface area (TPSA) is 104 Å². The van der Waals surface area contributed by atoms with Gasteiger partial charge in [-0.05, 0) is 74.6 Å². The van der Waals surface area contributed by atoms with Gasteiger partial charge in [-0.3, -0.25) is 15.0 Å². The summed E-state index contributed by atoms with van der Waals surface area (Å²) in [4.78, 5) is 41.4. The minimum atomic E-state index is -1.10. The van der Waals surface area contributed by atoms with Crippen molar-refractivity contribution in [1.82, 2.24) is 20.7 Å². The number of aryl methyl sites for hydroxylation is 3. The van der Waals surface area contributed by atoms with Crippen molar-refractivity contribution in [3.05, 3.63) is 64.3 Å². The lowest BCUT2D eigenvalue weighted by atomic mass is 9.93. The number of carbonyl (C=O) groups is 3. The predicted octanol–water partition coefficient (Wildman–Crippen LogP) is 4.05. The van der Waals surface area contributed by atoms with Gasteiger partial charge in [0.15, 0.2) is 0 Å². The Morgan fingerprint density at radius 3 is 2.59 bits per heavy atom. The van der Waals surface area contributed by atoms with Crippen LogP contribution >= 0.6 is 11.6 Å². The second kappa shape index (κ2) is 9.38. The zero-order chi connectivity index (χ0) is 24.5. The number of amides is 4. The Balaban J connectivity index is 1.38. The van der Waals surface area contributed by atoms with Gasteiger partial charge in [-0.25, -0.2) is 4.79 Å². The number of nitrogens with zero attached hydrogens (tertiary/aromatic N) is 1. The summed E-state index contributed by atoms with van der Waals surface area (Å²) in [5.41, 5.74) is 5.28. The summed E-state index contributed by atoms with van der Waals surface area (Å²) in [6, 6.07) is 12.4. The number of ether oxygens (including phenoxy) is 1. The Labute approximate surface area is 202 Å². The van der Waals surface area contributed by atoms with Crippen molar-refractivity contribution in [2.24, 2.45) is 0 Å². The van der Waals surface area contributed by atoms with Gasteiger partial charge < -0.3 is 15.0 Å². The van der Waals surface area contributed by atoms with Gasteiger partial charge in [0.05, 0.1) is 7.11 Å². The smallest absolute Gasteiger partial charge is 0.344 e. The number of halogens is 1. The number of aromatic amines is 1. The van der Waals surface area contributed by atoms with E-state index in [9.17, 15) is 14.4 Å². The number of urea groups is 1. The van der Waals surface area contributed by atoms with E-state index in [1.165, 1.54) is 0 Å².